The lowest BCUT2D eigenvalue weighted by molar-refractivity contribution is 0.0697. The minimum atomic E-state index is -1.07. The number of aryl methyl sites for hydroxylation is 2. The molecule has 7 nitrogen and oxygen atoms in total. The van der Waals surface area contributed by atoms with Gasteiger partial charge >= 0.3 is 12.0 Å². The number of hydrazone groups is 1. The number of hydrogen-bond donors (Lipinski definition) is 3. The largest absolute Gasteiger partial charge is 0.478 e. The highest BCUT2D eigenvalue weighted by Crippen LogP contribution is 2.25. The lowest BCUT2D eigenvalue weighted by atomic mass is 10.2. The number of nitrogens with one attached hydrogen (secondary N) is 2. The maximum absolute atomic E-state index is 12.0. The summed E-state index contributed by atoms with van der Waals surface area (Å²) >= 11 is 6.11. The molecular formula is C22H21ClN4O3. The first-order valence-corrected chi connectivity index (χ1v) is 9.53. The van der Waals surface area contributed by atoms with Crippen LogP contribution in [0.3, 0.4) is 0 Å². The molecular weight excluding hydrogens is 404 g/mol. The maximum Gasteiger partial charge on any atom is 0.339 e. The Morgan fingerprint density at radius 1 is 1.10 bits per heavy atom. The van der Waals surface area contributed by atoms with Gasteiger partial charge in [0.15, 0.2) is 0 Å². The summed E-state index contributed by atoms with van der Waals surface area (Å²) in [6.07, 6.45) is 1.56. The van der Waals surface area contributed by atoms with Crippen LogP contribution in [0.2, 0.25) is 5.02 Å². The molecule has 0 aliphatic heterocycles. The van der Waals surface area contributed by atoms with E-state index in [2.05, 4.69) is 15.8 Å². The summed E-state index contributed by atoms with van der Waals surface area (Å²) in [5.41, 5.74) is 7.56. The predicted molar refractivity (Wildman–Crippen MR) is 118 cm³/mol. The highest BCUT2D eigenvalue weighted by Gasteiger charge is 2.13. The smallest absolute Gasteiger partial charge is 0.339 e. The molecule has 8 heteroatoms. The van der Waals surface area contributed by atoms with Gasteiger partial charge in [0.05, 0.1) is 16.8 Å². The molecule has 1 heterocycles. The molecule has 0 saturated carbocycles. The van der Waals surface area contributed by atoms with Gasteiger partial charge < -0.3 is 15.0 Å². The zero-order valence-electron chi connectivity index (χ0n) is 16.7. The van der Waals surface area contributed by atoms with Crippen LogP contribution in [0.15, 0.2) is 53.6 Å². The number of aromatic carboxylic acids is 1. The van der Waals surface area contributed by atoms with Gasteiger partial charge in [-0.1, -0.05) is 23.7 Å². The summed E-state index contributed by atoms with van der Waals surface area (Å²) in [6, 6.07) is 13.7. The third-order valence-corrected chi connectivity index (χ3v) is 4.87. The van der Waals surface area contributed by atoms with Crippen molar-refractivity contribution in [1.82, 2.24) is 9.99 Å². The number of rotatable bonds is 5. The Hall–Kier alpha value is -3.58. The third kappa shape index (κ3) is 4.69. The first-order chi connectivity index (χ1) is 14.3. The Labute approximate surface area is 179 Å². The monoisotopic (exact) mass is 424 g/mol. The van der Waals surface area contributed by atoms with E-state index in [1.165, 1.54) is 6.07 Å². The number of benzene rings is 2. The maximum atomic E-state index is 12.0. The van der Waals surface area contributed by atoms with Crippen LogP contribution in [-0.2, 0) is 0 Å². The molecule has 0 saturated heterocycles. The number of amides is 2. The topological polar surface area (TPSA) is 95.7 Å². The van der Waals surface area contributed by atoms with Gasteiger partial charge in [-0.2, -0.15) is 5.10 Å². The van der Waals surface area contributed by atoms with Crippen molar-refractivity contribution in [3.63, 3.8) is 0 Å². The molecule has 0 fully saturated rings. The highest BCUT2D eigenvalue weighted by molar-refractivity contribution is 6.33. The van der Waals surface area contributed by atoms with Crippen LogP contribution in [0.5, 0.6) is 0 Å². The first-order valence-electron chi connectivity index (χ1n) is 9.15. The first kappa shape index (κ1) is 21.1. The lowest BCUT2D eigenvalue weighted by Gasteiger charge is -2.11. The number of anilines is 1. The van der Waals surface area contributed by atoms with E-state index < -0.39 is 12.0 Å². The van der Waals surface area contributed by atoms with Crippen molar-refractivity contribution >= 4 is 35.5 Å². The SMILES string of the molecule is Cc1cccc(NC(=O)N/N=C/c2cc(C)n(-c3ccc(C(=O)O)c(Cl)c3)c2C)c1. The second kappa shape index (κ2) is 8.84. The molecule has 0 unspecified atom stereocenters. The van der Waals surface area contributed by atoms with Crippen molar-refractivity contribution in [2.75, 3.05) is 5.32 Å². The molecule has 1 aromatic heterocycles. The van der Waals surface area contributed by atoms with Crippen LogP contribution < -0.4 is 10.7 Å². The van der Waals surface area contributed by atoms with Crippen LogP contribution in [0.4, 0.5) is 10.5 Å². The van der Waals surface area contributed by atoms with Crippen molar-refractivity contribution in [1.29, 1.82) is 0 Å². The quantitative estimate of drug-likeness (QED) is 0.401. The Morgan fingerprint density at radius 3 is 2.53 bits per heavy atom. The number of hydrogen-bond acceptors (Lipinski definition) is 3. The normalized spacial score (nSPS) is 10.9. The summed E-state index contributed by atoms with van der Waals surface area (Å²) in [5, 5.41) is 16.0. The predicted octanol–water partition coefficient (Wildman–Crippen LogP) is 4.91. The molecule has 0 bridgehead atoms. The zero-order chi connectivity index (χ0) is 21.8. The molecule has 0 atom stereocenters. The summed E-state index contributed by atoms with van der Waals surface area (Å²) in [7, 11) is 0. The third-order valence-electron chi connectivity index (χ3n) is 4.56. The van der Waals surface area contributed by atoms with Gasteiger partial charge in [-0.15, -0.1) is 0 Å². The highest BCUT2D eigenvalue weighted by atomic mass is 35.5. The number of aromatic nitrogens is 1. The van der Waals surface area contributed by atoms with Crippen LogP contribution in [0.25, 0.3) is 5.69 Å². The molecule has 0 radical (unpaired) electrons. The van der Waals surface area contributed by atoms with Gasteiger partial charge in [0.1, 0.15) is 0 Å². The average molecular weight is 425 g/mol. The van der Waals surface area contributed by atoms with Crippen molar-refractivity contribution < 1.29 is 14.7 Å². The number of nitrogens with zero attached hydrogens (tertiary/aromatic N) is 2. The lowest BCUT2D eigenvalue weighted by Crippen LogP contribution is -2.24. The Bertz CT molecular complexity index is 1150. The average Bonchev–Trinajstić information content (AvgIpc) is 2.94. The number of urea groups is 1. The molecule has 0 aliphatic rings. The number of halogens is 1. The number of carboxylic acid groups (broad SMARTS) is 1. The second-order valence-corrected chi connectivity index (χ2v) is 7.23. The van der Waals surface area contributed by atoms with E-state index in [9.17, 15) is 9.59 Å². The Kier molecular flexibility index (Phi) is 6.23. The molecule has 30 heavy (non-hydrogen) atoms. The molecule has 0 aliphatic carbocycles. The van der Waals surface area contributed by atoms with E-state index in [1.807, 2.05) is 49.6 Å². The number of carbonyl (C=O) groups is 2. The van der Waals surface area contributed by atoms with Gasteiger partial charge in [0.2, 0.25) is 0 Å². The van der Waals surface area contributed by atoms with Gasteiger partial charge in [0.25, 0.3) is 0 Å². The van der Waals surface area contributed by atoms with E-state index >= 15 is 0 Å². The standard InChI is InChI=1S/C22H21ClN4O3/c1-13-5-4-6-17(9-13)25-22(30)26-24-12-16-10-14(2)27(15(16)3)18-7-8-19(21(28)29)20(23)11-18/h4-12H,1-3H3,(H,28,29)(H2,25,26,30)/b24-12+. The van der Waals surface area contributed by atoms with Crippen molar-refractivity contribution in [2.24, 2.45) is 5.10 Å². The van der Waals surface area contributed by atoms with E-state index in [1.54, 1.807) is 24.4 Å². The molecule has 3 N–H and O–H groups in total. The zero-order valence-corrected chi connectivity index (χ0v) is 17.5. The fourth-order valence-corrected chi connectivity index (χ4v) is 3.43. The molecule has 154 valence electrons. The van der Waals surface area contributed by atoms with Crippen molar-refractivity contribution in [3.8, 4) is 5.69 Å². The van der Waals surface area contributed by atoms with Gasteiger partial charge in [-0.3, -0.25) is 0 Å². The number of carbonyl (C=O) groups excluding carboxylic acids is 1. The van der Waals surface area contributed by atoms with Crippen LogP contribution in [-0.4, -0.2) is 27.9 Å². The molecule has 2 amide bonds. The molecule has 2 aromatic carbocycles. The molecule has 0 spiro atoms. The van der Waals surface area contributed by atoms with Crippen LogP contribution in [0, 0.1) is 20.8 Å². The van der Waals surface area contributed by atoms with E-state index in [0.717, 1.165) is 28.2 Å². The number of carboxylic acids is 1. The van der Waals surface area contributed by atoms with E-state index in [-0.39, 0.29) is 10.6 Å². The van der Waals surface area contributed by atoms with Gasteiger partial charge in [-0.25, -0.2) is 15.0 Å². The molecule has 3 aromatic rings. The van der Waals surface area contributed by atoms with E-state index in [0.29, 0.717) is 5.69 Å². The van der Waals surface area contributed by atoms with Crippen molar-refractivity contribution in [2.45, 2.75) is 20.8 Å². The van der Waals surface area contributed by atoms with Crippen LogP contribution in [0.1, 0.15) is 32.9 Å². The van der Waals surface area contributed by atoms with Crippen molar-refractivity contribution in [3.05, 3.63) is 81.6 Å². The minimum Gasteiger partial charge on any atom is -0.478 e. The Morgan fingerprint density at radius 2 is 1.87 bits per heavy atom. The summed E-state index contributed by atoms with van der Waals surface area (Å²) in [4.78, 5) is 23.2. The fraction of sp³-hybridized carbons (Fsp3) is 0.136. The fourth-order valence-electron chi connectivity index (χ4n) is 3.17. The minimum absolute atomic E-state index is 0.0495. The van der Waals surface area contributed by atoms with Gasteiger partial charge in [-0.05, 0) is 62.7 Å². The summed E-state index contributed by atoms with van der Waals surface area (Å²) < 4.78 is 1.94. The van der Waals surface area contributed by atoms with Gasteiger partial charge in [0, 0.05) is 28.3 Å². The van der Waals surface area contributed by atoms with Crippen LogP contribution >= 0.6 is 11.6 Å². The second-order valence-electron chi connectivity index (χ2n) is 6.82. The summed E-state index contributed by atoms with van der Waals surface area (Å²) in [6.45, 7) is 5.76. The molecule has 3 rings (SSSR count). The summed E-state index contributed by atoms with van der Waals surface area (Å²) in [5.74, 6) is -1.07. The Balaban J connectivity index is 1.74. The van der Waals surface area contributed by atoms with E-state index in [4.69, 9.17) is 16.7 Å².